The molecule has 2 atom stereocenters. The first-order chi connectivity index (χ1) is 15.5. The fraction of sp³-hybridized carbons (Fsp3) is 0.429. The molecule has 3 N–H and O–H groups in total. The van der Waals surface area contributed by atoms with Crippen LogP contribution in [0, 0.1) is 0 Å². The van der Waals surface area contributed by atoms with Gasteiger partial charge in [0.1, 0.15) is 10.0 Å². The molecule has 0 bridgehead atoms. The first kappa shape index (κ1) is 22.3. The standard InChI is InChI=1S/C21H25N7O2S2/c1-12(29)23-16-9-4-3-6-13(16)11-17(30)24-21-28-26-19(32-21)15-8-5-7-14(10-15)18-25-27-20(22-2)31-18/h3-4,6,9,14-15H,5,7-8,10-11H2,1-2H3,(H,22,27)(H,23,29)(H,24,28,30)/t14-,15-/m0/s1. The topological polar surface area (TPSA) is 122 Å². The Balaban J connectivity index is 1.37. The van der Waals surface area contributed by atoms with E-state index in [1.165, 1.54) is 18.3 Å². The van der Waals surface area contributed by atoms with Crippen molar-refractivity contribution in [1.29, 1.82) is 0 Å². The lowest BCUT2D eigenvalue weighted by molar-refractivity contribution is -0.116. The van der Waals surface area contributed by atoms with Gasteiger partial charge in [0.15, 0.2) is 0 Å². The van der Waals surface area contributed by atoms with Gasteiger partial charge >= 0.3 is 0 Å². The van der Waals surface area contributed by atoms with Gasteiger partial charge in [-0.05, 0) is 30.9 Å². The fourth-order valence-corrected chi connectivity index (χ4v) is 5.66. The van der Waals surface area contributed by atoms with Gasteiger partial charge < -0.3 is 16.0 Å². The normalized spacial score (nSPS) is 18.2. The summed E-state index contributed by atoms with van der Waals surface area (Å²) < 4.78 is 0. The van der Waals surface area contributed by atoms with Crippen LogP contribution < -0.4 is 16.0 Å². The van der Waals surface area contributed by atoms with Crippen molar-refractivity contribution in [3.05, 3.63) is 39.8 Å². The summed E-state index contributed by atoms with van der Waals surface area (Å²) in [4.78, 5) is 24.0. The molecule has 1 aromatic carbocycles. The summed E-state index contributed by atoms with van der Waals surface area (Å²) in [5.41, 5.74) is 1.39. The molecule has 1 fully saturated rings. The van der Waals surface area contributed by atoms with Crippen LogP contribution in [0.25, 0.3) is 0 Å². The zero-order chi connectivity index (χ0) is 22.5. The number of aromatic nitrogens is 4. The van der Waals surface area contributed by atoms with Gasteiger partial charge in [-0.3, -0.25) is 9.59 Å². The summed E-state index contributed by atoms with van der Waals surface area (Å²) in [5, 5.41) is 29.0. The van der Waals surface area contributed by atoms with Crippen LogP contribution in [0.3, 0.4) is 0 Å². The fourth-order valence-electron chi connectivity index (χ4n) is 3.91. The minimum Gasteiger partial charge on any atom is -0.363 e. The smallest absolute Gasteiger partial charge is 0.230 e. The average Bonchev–Trinajstić information content (AvgIpc) is 3.44. The predicted molar refractivity (Wildman–Crippen MR) is 126 cm³/mol. The summed E-state index contributed by atoms with van der Waals surface area (Å²) in [6, 6.07) is 7.27. The number of carbonyl (C=O) groups is 2. The van der Waals surface area contributed by atoms with Crippen molar-refractivity contribution in [1.82, 2.24) is 20.4 Å². The molecular weight excluding hydrogens is 446 g/mol. The van der Waals surface area contributed by atoms with Crippen molar-refractivity contribution in [3.63, 3.8) is 0 Å². The van der Waals surface area contributed by atoms with Crippen molar-refractivity contribution in [2.45, 2.75) is 50.9 Å². The molecule has 168 valence electrons. The summed E-state index contributed by atoms with van der Waals surface area (Å²) in [5.74, 6) is 0.313. The molecule has 3 aromatic rings. The van der Waals surface area contributed by atoms with E-state index >= 15 is 0 Å². The van der Waals surface area contributed by atoms with Crippen molar-refractivity contribution in [2.75, 3.05) is 23.0 Å². The quantitative estimate of drug-likeness (QED) is 0.476. The number of benzene rings is 1. The number of amides is 2. The molecule has 0 radical (unpaired) electrons. The van der Waals surface area contributed by atoms with Gasteiger partial charge in [-0.15, -0.1) is 20.4 Å². The molecule has 2 heterocycles. The van der Waals surface area contributed by atoms with E-state index in [4.69, 9.17) is 0 Å². The number of nitrogens with one attached hydrogen (secondary N) is 3. The lowest BCUT2D eigenvalue weighted by Crippen LogP contribution is -2.16. The summed E-state index contributed by atoms with van der Waals surface area (Å²) in [6.45, 7) is 1.44. The average molecular weight is 472 g/mol. The third-order valence-electron chi connectivity index (χ3n) is 5.39. The monoisotopic (exact) mass is 471 g/mol. The highest BCUT2D eigenvalue weighted by Gasteiger charge is 2.29. The maximum absolute atomic E-state index is 12.6. The molecule has 2 amide bonds. The number of anilines is 3. The van der Waals surface area contributed by atoms with Gasteiger partial charge in [-0.2, -0.15) is 0 Å². The minimum atomic E-state index is -0.194. The van der Waals surface area contributed by atoms with Crippen LogP contribution in [0.1, 0.15) is 60.0 Å². The largest absolute Gasteiger partial charge is 0.363 e. The van der Waals surface area contributed by atoms with Gasteiger partial charge in [-0.25, -0.2) is 0 Å². The Morgan fingerprint density at radius 2 is 1.62 bits per heavy atom. The number of carbonyl (C=O) groups excluding carboxylic acids is 2. The molecular formula is C21H25N7O2S2. The number of rotatable bonds is 7. The molecule has 2 aromatic heterocycles. The lowest BCUT2D eigenvalue weighted by Gasteiger charge is -2.25. The van der Waals surface area contributed by atoms with Gasteiger partial charge in [0.05, 0.1) is 6.42 Å². The second-order valence-electron chi connectivity index (χ2n) is 7.76. The SMILES string of the molecule is CNc1nnc([C@H]2CCC[C@H](c3nnc(NC(=O)Cc4ccccc4NC(C)=O)s3)C2)s1. The Hall–Kier alpha value is -2.92. The molecule has 0 spiro atoms. The number of hydrogen-bond acceptors (Lipinski definition) is 9. The van der Waals surface area contributed by atoms with E-state index in [9.17, 15) is 9.59 Å². The zero-order valence-corrected chi connectivity index (χ0v) is 19.6. The Morgan fingerprint density at radius 3 is 2.28 bits per heavy atom. The van der Waals surface area contributed by atoms with Crippen LogP contribution in [0.15, 0.2) is 24.3 Å². The van der Waals surface area contributed by atoms with Gasteiger partial charge in [-0.1, -0.05) is 47.3 Å². The van der Waals surface area contributed by atoms with Gasteiger partial charge in [0.25, 0.3) is 0 Å². The Labute approximate surface area is 194 Å². The van der Waals surface area contributed by atoms with E-state index in [1.807, 2.05) is 25.2 Å². The molecule has 9 nitrogen and oxygen atoms in total. The summed E-state index contributed by atoms with van der Waals surface area (Å²) in [6.07, 6.45) is 4.36. The molecule has 32 heavy (non-hydrogen) atoms. The van der Waals surface area contributed by atoms with Crippen molar-refractivity contribution in [2.24, 2.45) is 0 Å². The molecule has 1 saturated carbocycles. The molecule has 0 aliphatic heterocycles. The van der Waals surface area contributed by atoms with Crippen LogP contribution >= 0.6 is 22.7 Å². The molecule has 1 aliphatic carbocycles. The van der Waals surface area contributed by atoms with E-state index < -0.39 is 0 Å². The van der Waals surface area contributed by atoms with Crippen molar-refractivity contribution >= 4 is 50.4 Å². The van der Waals surface area contributed by atoms with E-state index in [2.05, 4.69) is 36.3 Å². The van der Waals surface area contributed by atoms with E-state index in [1.54, 1.807) is 17.4 Å². The maximum Gasteiger partial charge on any atom is 0.230 e. The lowest BCUT2D eigenvalue weighted by atomic mass is 9.82. The number of hydrogen-bond donors (Lipinski definition) is 3. The molecule has 4 rings (SSSR count). The molecule has 1 aliphatic rings. The third-order valence-corrected chi connectivity index (χ3v) is 7.50. The molecule has 0 unspecified atom stereocenters. The maximum atomic E-state index is 12.6. The van der Waals surface area contributed by atoms with Crippen LogP contribution in [-0.4, -0.2) is 39.3 Å². The Bertz CT molecular complexity index is 1100. The van der Waals surface area contributed by atoms with Gasteiger partial charge in [0, 0.05) is 31.5 Å². The minimum absolute atomic E-state index is 0.141. The van der Waals surface area contributed by atoms with Crippen molar-refractivity contribution < 1.29 is 9.59 Å². The summed E-state index contributed by atoms with van der Waals surface area (Å²) in [7, 11) is 1.85. The van der Waals surface area contributed by atoms with E-state index in [0.717, 1.165) is 46.4 Å². The first-order valence-corrected chi connectivity index (χ1v) is 12.1. The second kappa shape index (κ2) is 10.1. The number of nitrogens with zero attached hydrogens (tertiary/aromatic N) is 4. The predicted octanol–water partition coefficient (Wildman–Crippen LogP) is 4.01. The first-order valence-electron chi connectivity index (χ1n) is 10.5. The molecule has 0 saturated heterocycles. The zero-order valence-electron chi connectivity index (χ0n) is 17.9. The highest BCUT2D eigenvalue weighted by atomic mass is 32.1. The van der Waals surface area contributed by atoms with E-state index in [-0.39, 0.29) is 18.2 Å². The van der Waals surface area contributed by atoms with E-state index in [0.29, 0.717) is 22.7 Å². The highest BCUT2D eigenvalue weighted by molar-refractivity contribution is 7.15. The molecule has 11 heteroatoms. The summed E-state index contributed by atoms with van der Waals surface area (Å²) >= 11 is 3.04. The Kier molecular flexibility index (Phi) is 7.05. The van der Waals surface area contributed by atoms with Crippen LogP contribution in [0.4, 0.5) is 16.0 Å². The van der Waals surface area contributed by atoms with Crippen LogP contribution in [-0.2, 0) is 16.0 Å². The van der Waals surface area contributed by atoms with Gasteiger partial charge in [0.2, 0.25) is 22.1 Å². The van der Waals surface area contributed by atoms with Crippen molar-refractivity contribution in [3.8, 4) is 0 Å². The second-order valence-corrected chi connectivity index (χ2v) is 9.78. The van der Waals surface area contributed by atoms with Crippen LogP contribution in [0.2, 0.25) is 0 Å². The highest BCUT2D eigenvalue weighted by Crippen LogP contribution is 2.43. The van der Waals surface area contributed by atoms with Crippen LogP contribution in [0.5, 0.6) is 0 Å². The number of para-hydroxylation sites is 1. The Morgan fingerprint density at radius 1 is 0.969 bits per heavy atom. The third kappa shape index (κ3) is 5.46.